The van der Waals surface area contributed by atoms with Gasteiger partial charge in [0.15, 0.2) is 24.6 Å². The highest BCUT2D eigenvalue weighted by molar-refractivity contribution is 5.68. The Hall–Kier alpha value is -2.44. The molecule has 0 amide bonds. The van der Waals surface area contributed by atoms with Crippen molar-refractivity contribution < 1.29 is 47.5 Å². The molecule has 1 aliphatic rings. The molecule has 5 atom stereocenters. The average Bonchev–Trinajstić information content (AvgIpc) is 2.68. The van der Waals surface area contributed by atoms with E-state index in [4.69, 9.17) is 38.7 Å². The van der Waals surface area contributed by atoms with Crippen LogP contribution in [-0.4, -0.2) is 88.2 Å². The zero-order valence-corrected chi connectivity index (χ0v) is 18.1. The van der Waals surface area contributed by atoms with Crippen LogP contribution in [0.3, 0.4) is 0 Å². The molecule has 13 nitrogen and oxygen atoms in total. The molecule has 31 heavy (non-hydrogen) atoms. The fourth-order valence-electron chi connectivity index (χ4n) is 2.80. The summed E-state index contributed by atoms with van der Waals surface area (Å²) in [4.78, 5) is 37.3. The smallest absolute Gasteiger partial charge is 0.303 e. The number of nitrogens with zero attached hydrogens (tertiary/aromatic N) is 3. The van der Waals surface area contributed by atoms with Crippen molar-refractivity contribution in [2.24, 2.45) is 5.11 Å². The van der Waals surface area contributed by atoms with Gasteiger partial charge in [-0.1, -0.05) is 5.11 Å². The monoisotopic (exact) mass is 447 g/mol. The number of carbonyl (C=O) groups excluding carboxylic acids is 3. The van der Waals surface area contributed by atoms with Gasteiger partial charge in [0, 0.05) is 32.2 Å². The van der Waals surface area contributed by atoms with Crippen molar-refractivity contribution in [1.82, 2.24) is 0 Å². The number of carbonyl (C=O) groups is 3. The average molecular weight is 447 g/mol. The Morgan fingerprint density at radius 1 is 0.839 bits per heavy atom. The van der Waals surface area contributed by atoms with E-state index >= 15 is 0 Å². The van der Waals surface area contributed by atoms with Crippen molar-refractivity contribution in [3.8, 4) is 0 Å². The first-order valence-corrected chi connectivity index (χ1v) is 9.71. The Morgan fingerprint density at radius 2 is 1.35 bits per heavy atom. The van der Waals surface area contributed by atoms with Crippen LogP contribution in [0.1, 0.15) is 27.7 Å². The van der Waals surface area contributed by atoms with E-state index in [-0.39, 0.29) is 19.8 Å². The molecule has 0 aliphatic carbocycles. The lowest BCUT2D eigenvalue weighted by molar-refractivity contribution is -0.302. The van der Waals surface area contributed by atoms with Crippen LogP contribution < -0.4 is 0 Å². The molecule has 1 fully saturated rings. The minimum Gasteiger partial charge on any atom is -0.456 e. The molecule has 0 aromatic heterocycles. The predicted molar refractivity (Wildman–Crippen MR) is 103 cm³/mol. The summed E-state index contributed by atoms with van der Waals surface area (Å²) >= 11 is 0. The zero-order chi connectivity index (χ0) is 23.2. The van der Waals surface area contributed by atoms with E-state index in [1.807, 2.05) is 0 Å². The molecule has 1 aliphatic heterocycles. The van der Waals surface area contributed by atoms with Gasteiger partial charge in [0.05, 0.1) is 39.1 Å². The molecule has 0 bridgehead atoms. The second kappa shape index (κ2) is 14.5. The first kappa shape index (κ1) is 26.6. The lowest BCUT2D eigenvalue weighted by Gasteiger charge is -2.43. The molecule has 1 saturated heterocycles. The van der Waals surface area contributed by atoms with Gasteiger partial charge in [-0.15, -0.1) is 0 Å². The van der Waals surface area contributed by atoms with Crippen molar-refractivity contribution in [3.05, 3.63) is 10.4 Å². The predicted octanol–water partition coefficient (Wildman–Crippen LogP) is 0.886. The van der Waals surface area contributed by atoms with E-state index in [2.05, 4.69) is 10.0 Å². The van der Waals surface area contributed by atoms with Crippen LogP contribution >= 0.6 is 0 Å². The number of rotatable bonds is 13. The van der Waals surface area contributed by atoms with Crippen LogP contribution in [0.15, 0.2) is 5.11 Å². The van der Waals surface area contributed by atoms with Crippen molar-refractivity contribution in [2.45, 2.75) is 58.4 Å². The summed E-state index contributed by atoms with van der Waals surface area (Å²) in [5.74, 6) is -1.89. The van der Waals surface area contributed by atoms with Crippen molar-refractivity contribution in [2.75, 3.05) is 39.6 Å². The van der Waals surface area contributed by atoms with E-state index < -0.39 is 48.6 Å². The second-order valence-corrected chi connectivity index (χ2v) is 6.48. The third-order valence-corrected chi connectivity index (χ3v) is 3.91. The summed E-state index contributed by atoms with van der Waals surface area (Å²) < 4.78 is 37.7. The lowest BCUT2D eigenvalue weighted by atomic mass is 9.99. The molecule has 0 radical (unpaired) electrons. The van der Waals surface area contributed by atoms with Crippen molar-refractivity contribution >= 4 is 17.9 Å². The fraction of sp³-hybridized carbons (Fsp3) is 0.833. The third kappa shape index (κ3) is 10.4. The first-order valence-electron chi connectivity index (χ1n) is 9.71. The Labute approximate surface area is 179 Å². The Balaban J connectivity index is 2.62. The quantitative estimate of drug-likeness (QED) is 0.0988. The highest BCUT2D eigenvalue weighted by Crippen LogP contribution is 2.29. The maximum Gasteiger partial charge on any atom is 0.303 e. The molecule has 0 unspecified atom stereocenters. The number of hydrogen-bond acceptors (Lipinski definition) is 11. The summed E-state index contributed by atoms with van der Waals surface area (Å²) in [5.41, 5.74) is 8.15. The SMILES string of the molecule is CC(=O)O[C@H]1[C@H](OC(C)=O)[C@H](OCCOCCOCCN=[N+]=[N-])O[C@@H](C)[C@H]1OC(C)=O. The number of hydrogen-bond donors (Lipinski definition) is 0. The highest BCUT2D eigenvalue weighted by atomic mass is 16.7. The zero-order valence-electron chi connectivity index (χ0n) is 18.1. The van der Waals surface area contributed by atoms with E-state index in [1.54, 1.807) is 6.92 Å². The Morgan fingerprint density at radius 3 is 1.94 bits per heavy atom. The van der Waals surface area contributed by atoms with E-state index in [0.29, 0.717) is 19.8 Å². The van der Waals surface area contributed by atoms with Crippen LogP contribution in [0, 0.1) is 0 Å². The normalized spacial score (nSPS) is 25.2. The largest absolute Gasteiger partial charge is 0.456 e. The molecular formula is C18H29N3O10. The summed E-state index contributed by atoms with van der Waals surface area (Å²) in [5, 5.41) is 3.34. The van der Waals surface area contributed by atoms with Gasteiger partial charge in [-0.3, -0.25) is 14.4 Å². The van der Waals surface area contributed by atoms with Gasteiger partial charge in [-0.05, 0) is 12.5 Å². The fourth-order valence-corrected chi connectivity index (χ4v) is 2.80. The van der Waals surface area contributed by atoms with Crippen molar-refractivity contribution in [1.29, 1.82) is 0 Å². The van der Waals surface area contributed by atoms with Crippen LogP contribution in [0.2, 0.25) is 0 Å². The highest BCUT2D eigenvalue weighted by Gasteiger charge is 2.50. The maximum atomic E-state index is 11.6. The minimum absolute atomic E-state index is 0.0822. The molecule has 1 rings (SSSR count). The van der Waals surface area contributed by atoms with Crippen LogP contribution in [0.4, 0.5) is 0 Å². The van der Waals surface area contributed by atoms with Gasteiger partial charge < -0.3 is 33.2 Å². The molecule has 0 spiro atoms. The van der Waals surface area contributed by atoms with E-state index in [9.17, 15) is 14.4 Å². The summed E-state index contributed by atoms with van der Waals surface area (Å²) in [7, 11) is 0. The maximum absolute atomic E-state index is 11.6. The van der Waals surface area contributed by atoms with Gasteiger partial charge in [0.1, 0.15) is 0 Å². The van der Waals surface area contributed by atoms with Crippen LogP contribution in [0.5, 0.6) is 0 Å². The van der Waals surface area contributed by atoms with E-state index in [1.165, 1.54) is 20.8 Å². The third-order valence-electron chi connectivity index (χ3n) is 3.91. The molecule has 0 N–H and O–H groups in total. The molecule has 1 heterocycles. The van der Waals surface area contributed by atoms with Gasteiger partial charge in [0.2, 0.25) is 0 Å². The topological polar surface area (TPSA) is 165 Å². The van der Waals surface area contributed by atoms with Gasteiger partial charge in [0.25, 0.3) is 0 Å². The minimum atomic E-state index is -1.15. The second-order valence-electron chi connectivity index (χ2n) is 6.48. The molecule has 13 heteroatoms. The van der Waals surface area contributed by atoms with Crippen molar-refractivity contribution in [3.63, 3.8) is 0 Å². The summed E-state index contributed by atoms with van der Waals surface area (Å²) in [6.45, 7) is 6.61. The lowest BCUT2D eigenvalue weighted by Crippen LogP contribution is -2.61. The molecule has 0 saturated carbocycles. The van der Waals surface area contributed by atoms with Gasteiger partial charge in [-0.25, -0.2) is 0 Å². The summed E-state index contributed by atoms with van der Waals surface area (Å²) in [6, 6.07) is 0. The van der Waals surface area contributed by atoms with Crippen LogP contribution in [-0.2, 0) is 47.5 Å². The van der Waals surface area contributed by atoms with Gasteiger partial charge in [-0.2, -0.15) is 0 Å². The standard InChI is InChI=1S/C18H29N3O10/c1-11-15(29-12(2)22)16(30-13(3)23)17(31-14(4)24)18(28-11)27-10-9-26-8-7-25-6-5-20-21-19/h11,15-18H,5-10H2,1-4H3/t11-,15+,16+,17-,18+/m0/s1. The first-order chi connectivity index (χ1) is 14.8. The summed E-state index contributed by atoms with van der Waals surface area (Å²) in [6.07, 6.45) is -5.01. The molecule has 0 aromatic carbocycles. The number of azide groups is 1. The number of ether oxygens (including phenoxy) is 7. The molecule has 176 valence electrons. The molecule has 0 aromatic rings. The van der Waals surface area contributed by atoms with Crippen LogP contribution in [0.25, 0.3) is 10.4 Å². The van der Waals surface area contributed by atoms with Gasteiger partial charge >= 0.3 is 17.9 Å². The Kier molecular flexibility index (Phi) is 12.5. The molecular weight excluding hydrogens is 418 g/mol. The number of esters is 3. The Bertz CT molecular complexity index is 640. The van der Waals surface area contributed by atoms with E-state index in [0.717, 1.165) is 0 Å².